The van der Waals surface area contributed by atoms with Gasteiger partial charge in [-0.2, -0.15) is 5.26 Å². The lowest BCUT2D eigenvalue weighted by Gasteiger charge is -2.12. The first-order valence-corrected chi connectivity index (χ1v) is 8.31. The van der Waals surface area contributed by atoms with Gasteiger partial charge in [-0.1, -0.05) is 6.07 Å². The molecule has 0 unspecified atom stereocenters. The molecule has 0 saturated heterocycles. The summed E-state index contributed by atoms with van der Waals surface area (Å²) in [5.41, 5.74) is 1.51. The van der Waals surface area contributed by atoms with E-state index in [0.717, 1.165) is 0 Å². The number of methoxy groups -OCH3 is 1. The molecule has 0 aliphatic heterocycles. The van der Waals surface area contributed by atoms with Crippen molar-refractivity contribution in [2.24, 2.45) is 0 Å². The molecular formula is C20H18N2O6. The van der Waals surface area contributed by atoms with Gasteiger partial charge >= 0.3 is 5.97 Å². The second kappa shape index (κ2) is 9.73. The van der Waals surface area contributed by atoms with Gasteiger partial charge in [-0.05, 0) is 48.4 Å². The number of non-ortho nitro benzene ring substituents is 1. The molecule has 0 bridgehead atoms. The smallest absolute Gasteiger partial charge is 0.343 e. The highest BCUT2D eigenvalue weighted by Gasteiger charge is 2.11. The summed E-state index contributed by atoms with van der Waals surface area (Å²) in [5.74, 6) is 0.274. The zero-order valence-corrected chi connectivity index (χ0v) is 15.4. The minimum Gasteiger partial charge on any atom is -0.490 e. The van der Waals surface area contributed by atoms with Crippen LogP contribution in [-0.2, 0) is 9.53 Å². The van der Waals surface area contributed by atoms with Crippen molar-refractivity contribution >= 4 is 23.3 Å². The number of carbonyl (C=O) groups excluding carboxylic acids is 1. The van der Waals surface area contributed by atoms with Crippen molar-refractivity contribution in [2.45, 2.75) is 6.92 Å². The number of hydrogen-bond donors (Lipinski definition) is 0. The molecule has 0 N–H and O–H groups in total. The highest BCUT2D eigenvalue weighted by atomic mass is 16.6. The van der Waals surface area contributed by atoms with Crippen LogP contribution in [0.4, 0.5) is 5.69 Å². The number of nitro groups is 1. The Balaban J connectivity index is 2.31. The van der Waals surface area contributed by atoms with Gasteiger partial charge in [-0.15, -0.1) is 0 Å². The van der Waals surface area contributed by atoms with Crippen molar-refractivity contribution in [1.82, 2.24) is 0 Å². The molecule has 0 amide bonds. The Hall–Kier alpha value is -3.86. The SMILES string of the molecule is CCOc1cc(/C=C(/C#N)c2ccc([N+](=O)[O-])cc2)ccc1OCC(=O)OC. The van der Waals surface area contributed by atoms with E-state index in [2.05, 4.69) is 10.8 Å². The molecule has 0 saturated carbocycles. The van der Waals surface area contributed by atoms with Crippen molar-refractivity contribution in [2.75, 3.05) is 20.3 Å². The molecule has 2 aromatic carbocycles. The third kappa shape index (κ3) is 5.32. The maximum atomic E-state index is 11.3. The first-order chi connectivity index (χ1) is 13.5. The summed E-state index contributed by atoms with van der Waals surface area (Å²) >= 11 is 0. The summed E-state index contributed by atoms with van der Waals surface area (Å²) in [5, 5.41) is 20.2. The van der Waals surface area contributed by atoms with E-state index < -0.39 is 10.9 Å². The minimum absolute atomic E-state index is 0.0493. The molecule has 2 rings (SSSR count). The topological polar surface area (TPSA) is 112 Å². The minimum atomic E-state index is -0.517. The molecule has 28 heavy (non-hydrogen) atoms. The summed E-state index contributed by atoms with van der Waals surface area (Å²) in [6.45, 7) is 1.94. The number of allylic oxidation sites excluding steroid dienone is 1. The van der Waals surface area contributed by atoms with Gasteiger partial charge in [0.25, 0.3) is 5.69 Å². The van der Waals surface area contributed by atoms with E-state index in [4.69, 9.17) is 9.47 Å². The molecule has 0 atom stereocenters. The zero-order valence-electron chi connectivity index (χ0n) is 15.4. The van der Waals surface area contributed by atoms with Crippen LogP contribution in [0.25, 0.3) is 11.6 Å². The summed E-state index contributed by atoms with van der Waals surface area (Å²) < 4.78 is 15.5. The fourth-order valence-electron chi connectivity index (χ4n) is 2.31. The normalized spacial score (nSPS) is 10.7. The number of nitro benzene ring substituents is 1. The van der Waals surface area contributed by atoms with Crippen LogP contribution in [0.5, 0.6) is 11.5 Å². The first kappa shape index (κ1) is 20.5. The molecule has 2 aromatic rings. The highest BCUT2D eigenvalue weighted by molar-refractivity contribution is 5.90. The molecule has 0 aliphatic carbocycles. The summed E-state index contributed by atoms with van der Waals surface area (Å²) in [4.78, 5) is 21.5. The molecule has 0 heterocycles. The lowest BCUT2D eigenvalue weighted by atomic mass is 10.0. The lowest BCUT2D eigenvalue weighted by molar-refractivity contribution is -0.384. The molecule has 0 spiro atoms. The van der Waals surface area contributed by atoms with Crippen LogP contribution in [0.15, 0.2) is 42.5 Å². The highest BCUT2D eigenvalue weighted by Crippen LogP contribution is 2.30. The average molecular weight is 382 g/mol. The van der Waals surface area contributed by atoms with Crippen LogP contribution >= 0.6 is 0 Å². The van der Waals surface area contributed by atoms with E-state index in [0.29, 0.717) is 34.8 Å². The fraction of sp³-hybridized carbons (Fsp3) is 0.200. The van der Waals surface area contributed by atoms with Gasteiger partial charge in [0.15, 0.2) is 18.1 Å². The van der Waals surface area contributed by atoms with E-state index in [1.807, 2.05) is 6.92 Å². The van der Waals surface area contributed by atoms with Gasteiger partial charge in [0.1, 0.15) is 0 Å². The predicted octanol–water partition coefficient (Wildman–Crippen LogP) is 3.61. The Morgan fingerprint density at radius 1 is 1.18 bits per heavy atom. The Morgan fingerprint density at radius 2 is 1.89 bits per heavy atom. The maximum Gasteiger partial charge on any atom is 0.343 e. The van der Waals surface area contributed by atoms with E-state index in [9.17, 15) is 20.2 Å². The molecule has 0 radical (unpaired) electrons. The fourth-order valence-corrected chi connectivity index (χ4v) is 2.31. The zero-order chi connectivity index (χ0) is 20.5. The molecule has 0 fully saturated rings. The predicted molar refractivity (Wildman–Crippen MR) is 102 cm³/mol. The lowest BCUT2D eigenvalue weighted by Crippen LogP contribution is -2.13. The summed E-state index contributed by atoms with van der Waals surface area (Å²) in [7, 11) is 1.27. The second-order valence-electron chi connectivity index (χ2n) is 5.48. The van der Waals surface area contributed by atoms with Crippen molar-refractivity contribution in [3.05, 3.63) is 63.7 Å². The number of carbonyl (C=O) groups is 1. The van der Waals surface area contributed by atoms with Crippen LogP contribution in [-0.4, -0.2) is 31.2 Å². The van der Waals surface area contributed by atoms with Crippen LogP contribution in [0, 0.1) is 21.4 Å². The number of esters is 1. The number of nitrogens with zero attached hydrogens (tertiary/aromatic N) is 2. The third-order valence-electron chi connectivity index (χ3n) is 3.66. The Labute approximate surface area is 161 Å². The van der Waals surface area contributed by atoms with Crippen molar-refractivity contribution < 1.29 is 23.9 Å². The van der Waals surface area contributed by atoms with Gasteiger partial charge in [-0.3, -0.25) is 10.1 Å². The molecule has 8 nitrogen and oxygen atoms in total. The number of nitriles is 1. The number of rotatable bonds is 8. The van der Waals surface area contributed by atoms with Crippen molar-refractivity contribution in [3.8, 4) is 17.6 Å². The van der Waals surface area contributed by atoms with Gasteiger partial charge in [0.2, 0.25) is 0 Å². The van der Waals surface area contributed by atoms with Crippen molar-refractivity contribution in [3.63, 3.8) is 0 Å². The van der Waals surface area contributed by atoms with Crippen LogP contribution in [0.3, 0.4) is 0 Å². The second-order valence-corrected chi connectivity index (χ2v) is 5.48. The summed E-state index contributed by atoms with van der Waals surface area (Å²) in [6.07, 6.45) is 1.63. The molecule has 144 valence electrons. The third-order valence-corrected chi connectivity index (χ3v) is 3.66. The van der Waals surface area contributed by atoms with Gasteiger partial charge < -0.3 is 14.2 Å². The maximum absolute atomic E-state index is 11.3. The van der Waals surface area contributed by atoms with E-state index in [1.54, 1.807) is 24.3 Å². The van der Waals surface area contributed by atoms with Crippen LogP contribution in [0.2, 0.25) is 0 Å². The molecule has 8 heteroatoms. The van der Waals surface area contributed by atoms with Crippen LogP contribution in [0.1, 0.15) is 18.1 Å². The quantitative estimate of drug-likeness (QED) is 0.225. The molecule has 0 aromatic heterocycles. The number of ether oxygens (including phenoxy) is 3. The van der Waals surface area contributed by atoms with E-state index in [1.165, 1.54) is 31.4 Å². The average Bonchev–Trinajstić information content (AvgIpc) is 2.71. The van der Waals surface area contributed by atoms with Gasteiger partial charge in [-0.25, -0.2) is 4.79 Å². The van der Waals surface area contributed by atoms with Crippen molar-refractivity contribution in [1.29, 1.82) is 5.26 Å². The van der Waals surface area contributed by atoms with Crippen LogP contribution < -0.4 is 9.47 Å². The Morgan fingerprint density at radius 3 is 2.46 bits per heavy atom. The summed E-state index contributed by atoms with van der Waals surface area (Å²) in [6, 6.07) is 12.8. The van der Waals surface area contributed by atoms with Gasteiger partial charge in [0, 0.05) is 12.1 Å². The Kier molecular flexibility index (Phi) is 7.11. The Bertz CT molecular complexity index is 929. The number of hydrogen-bond acceptors (Lipinski definition) is 7. The monoisotopic (exact) mass is 382 g/mol. The standard InChI is InChI=1S/C20H18N2O6/c1-3-27-19-11-14(4-9-18(19)28-13-20(23)26-2)10-16(12-21)15-5-7-17(8-6-15)22(24)25/h4-11H,3,13H2,1-2H3/b16-10-. The van der Waals surface area contributed by atoms with E-state index in [-0.39, 0.29) is 12.3 Å². The molecule has 0 aliphatic rings. The van der Waals surface area contributed by atoms with Gasteiger partial charge in [0.05, 0.1) is 30.3 Å². The number of benzene rings is 2. The largest absolute Gasteiger partial charge is 0.490 e. The molecular weight excluding hydrogens is 364 g/mol. The van der Waals surface area contributed by atoms with E-state index >= 15 is 0 Å². The first-order valence-electron chi connectivity index (χ1n) is 8.31.